The minimum absolute atomic E-state index is 0.0100. The third kappa shape index (κ3) is 2.51. The minimum atomic E-state index is -0.924. The van der Waals surface area contributed by atoms with Crippen molar-refractivity contribution in [3.8, 4) is 0 Å². The molecule has 1 heterocycles. The Balaban J connectivity index is 2.31. The van der Waals surface area contributed by atoms with Crippen LogP contribution in [0.4, 0.5) is 5.69 Å². The SMILES string of the molecule is Cc1cccc(C(=O)O)c1NC(C)c1nccs1. The lowest BCUT2D eigenvalue weighted by atomic mass is 10.1. The third-order valence-corrected chi connectivity index (χ3v) is 3.64. The molecule has 0 spiro atoms. The number of anilines is 1. The van der Waals surface area contributed by atoms with Crippen molar-refractivity contribution in [3.05, 3.63) is 45.9 Å². The van der Waals surface area contributed by atoms with Gasteiger partial charge in [-0.2, -0.15) is 0 Å². The van der Waals surface area contributed by atoms with E-state index in [0.717, 1.165) is 10.6 Å². The van der Waals surface area contributed by atoms with Gasteiger partial charge in [0.2, 0.25) is 0 Å². The monoisotopic (exact) mass is 262 g/mol. The highest BCUT2D eigenvalue weighted by molar-refractivity contribution is 7.09. The molecule has 0 saturated carbocycles. The Kier molecular flexibility index (Phi) is 3.62. The summed E-state index contributed by atoms with van der Waals surface area (Å²) >= 11 is 1.55. The highest BCUT2D eigenvalue weighted by atomic mass is 32.1. The van der Waals surface area contributed by atoms with Gasteiger partial charge in [0.05, 0.1) is 17.3 Å². The first-order chi connectivity index (χ1) is 8.59. The number of hydrogen-bond donors (Lipinski definition) is 2. The van der Waals surface area contributed by atoms with Crippen LogP contribution in [0.25, 0.3) is 0 Å². The summed E-state index contributed by atoms with van der Waals surface area (Å²) in [6.07, 6.45) is 1.74. The van der Waals surface area contributed by atoms with E-state index in [1.807, 2.05) is 25.3 Å². The highest BCUT2D eigenvalue weighted by Crippen LogP contribution is 2.26. The van der Waals surface area contributed by atoms with Crippen LogP contribution in [-0.2, 0) is 0 Å². The fourth-order valence-electron chi connectivity index (χ4n) is 1.76. The molecule has 0 amide bonds. The Morgan fingerprint density at radius 1 is 1.50 bits per heavy atom. The lowest BCUT2D eigenvalue weighted by Crippen LogP contribution is -2.11. The summed E-state index contributed by atoms with van der Waals surface area (Å²) in [6.45, 7) is 3.86. The molecule has 0 saturated heterocycles. The average Bonchev–Trinajstić information content (AvgIpc) is 2.85. The number of benzene rings is 1. The zero-order valence-electron chi connectivity index (χ0n) is 10.2. The molecule has 0 aliphatic rings. The van der Waals surface area contributed by atoms with Crippen molar-refractivity contribution in [1.82, 2.24) is 4.98 Å². The molecule has 1 atom stereocenters. The fourth-order valence-corrected chi connectivity index (χ4v) is 2.41. The molecule has 2 rings (SSSR count). The predicted molar refractivity (Wildman–Crippen MR) is 72.3 cm³/mol. The summed E-state index contributed by atoms with van der Waals surface area (Å²) < 4.78 is 0. The zero-order valence-corrected chi connectivity index (χ0v) is 11.0. The predicted octanol–water partition coefficient (Wildman–Crippen LogP) is 3.32. The first-order valence-corrected chi connectivity index (χ1v) is 6.46. The zero-order chi connectivity index (χ0) is 13.1. The number of para-hydroxylation sites is 1. The lowest BCUT2D eigenvalue weighted by Gasteiger charge is -2.17. The van der Waals surface area contributed by atoms with Gasteiger partial charge in [-0.1, -0.05) is 12.1 Å². The van der Waals surface area contributed by atoms with E-state index in [9.17, 15) is 9.90 Å². The van der Waals surface area contributed by atoms with E-state index in [2.05, 4.69) is 10.3 Å². The number of aromatic carboxylic acids is 1. The Morgan fingerprint density at radius 2 is 2.28 bits per heavy atom. The molecular weight excluding hydrogens is 248 g/mol. The van der Waals surface area contributed by atoms with Gasteiger partial charge in [-0.15, -0.1) is 11.3 Å². The summed E-state index contributed by atoms with van der Waals surface area (Å²) in [6, 6.07) is 5.23. The fraction of sp³-hybridized carbons (Fsp3) is 0.231. The van der Waals surface area contributed by atoms with Crippen molar-refractivity contribution in [2.45, 2.75) is 19.9 Å². The standard InChI is InChI=1S/C13H14N2O2S/c1-8-4-3-5-10(13(16)17)11(8)15-9(2)12-14-6-7-18-12/h3-7,9,15H,1-2H3,(H,16,17). The second-order valence-electron chi connectivity index (χ2n) is 4.04. The molecule has 0 radical (unpaired) electrons. The van der Waals surface area contributed by atoms with E-state index in [-0.39, 0.29) is 6.04 Å². The van der Waals surface area contributed by atoms with E-state index in [0.29, 0.717) is 11.3 Å². The van der Waals surface area contributed by atoms with Gasteiger partial charge < -0.3 is 10.4 Å². The Morgan fingerprint density at radius 3 is 2.89 bits per heavy atom. The Hall–Kier alpha value is -1.88. The smallest absolute Gasteiger partial charge is 0.337 e. The molecule has 5 heteroatoms. The molecule has 18 heavy (non-hydrogen) atoms. The maximum atomic E-state index is 11.2. The van der Waals surface area contributed by atoms with Gasteiger partial charge in [0.1, 0.15) is 5.01 Å². The second-order valence-corrected chi connectivity index (χ2v) is 4.97. The van der Waals surface area contributed by atoms with E-state index in [1.165, 1.54) is 0 Å². The van der Waals surface area contributed by atoms with Crippen LogP contribution in [0.5, 0.6) is 0 Å². The first kappa shape index (κ1) is 12.6. The Labute approximate surface area is 109 Å². The van der Waals surface area contributed by atoms with Crippen LogP contribution in [0.3, 0.4) is 0 Å². The molecule has 1 aromatic carbocycles. The number of nitrogens with one attached hydrogen (secondary N) is 1. The van der Waals surface area contributed by atoms with Gasteiger partial charge in [-0.3, -0.25) is 0 Å². The van der Waals surface area contributed by atoms with Crippen LogP contribution >= 0.6 is 11.3 Å². The van der Waals surface area contributed by atoms with Crippen molar-refractivity contribution >= 4 is 23.0 Å². The molecule has 94 valence electrons. The molecule has 0 aliphatic heterocycles. The number of carboxylic acids is 1. The molecule has 4 nitrogen and oxygen atoms in total. The van der Waals surface area contributed by atoms with Gasteiger partial charge >= 0.3 is 5.97 Å². The topological polar surface area (TPSA) is 62.2 Å². The van der Waals surface area contributed by atoms with E-state index in [4.69, 9.17) is 0 Å². The molecule has 1 unspecified atom stereocenters. The van der Waals surface area contributed by atoms with Gasteiger partial charge in [-0.05, 0) is 25.5 Å². The molecular formula is C13H14N2O2S. The average molecular weight is 262 g/mol. The van der Waals surface area contributed by atoms with E-state index < -0.39 is 5.97 Å². The third-order valence-electron chi connectivity index (χ3n) is 2.69. The van der Waals surface area contributed by atoms with Crippen molar-refractivity contribution in [2.75, 3.05) is 5.32 Å². The van der Waals surface area contributed by atoms with Crippen LogP contribution in [0.1, 0.15) is 33.9 Å². The highest BCUT2D eigenvalue weighted by Gasteiger charge is 2.15. The molecule has 0 bridgehead atoms. The van der Waals surface area contributed by atoms with E-state index in [1.54, 1.807) is 29.7 Å². The van der Waals surface area contributed by atoms with E-state index >= 15 is 0 Å². The van der Waals surface area contributed by atoms with Gasteiger partial charge in [-0.25, -0.2) is 9.78 Å². The number of thiazole rings is 1. The van der Waals surface area contributed by atoms with Gasteiger partial charge in [0.25, 0.3) is 0 Å². The van der Waals surface area contributed by atoms with Crippen LogP contribution in [-0.4, -0.2) is 16.1 Å². The van der Waals surface area contributed by atoms with Crippen molar-refractivity contribution < 1.29 is 9.90 Å². The lowest BCUT2D eigenvalue weighted by molar-refractivity contribution is 0.0698. The van der Waals surface area contributed by atoms with Gasteiger partial charge in [0, 0.05) is 11.6 Å². The quantitative estimate of drug-likeness (QED) is 0.887. The molecule has 0 aliphatic carbocycles. The van der Waals surface area contributed by atoms with Crippen LogP contribution < -0.4 is 5.32 Å². The summed E-state index contributed by atoms with van der Waals surface area (Å²) in [4.78, 5) is 15.4. The summed E-state index contributed by atoms with van der Waals surface area (Å²) in [5, 5.41) is 15.3. The number of carbonyl (C=O) groups is 1. The van der Waals surface area contributed by atoms with Crippen LogP contribution in [0, 0.1) is 6.92 Å². The maximum Gasteiger partial charge on any atom is 0.337 e. The maximum absolute atomic E-state index is 11.2. The summed E-state index contributed by atoms with van der Waals surface area (Å²) in [7, 11) is 0. The number of rotatable bonds is 4. The molecule has 2 aromatic rings. The number of aromatic nitrogens is 1. The van der Waals surface area contributed by atoms with Crippen LogP contribution in [0.2, 0.25) is 0 Å². The number of hydrogen-bond acceptors (Lipinski definition) is 4. The molecule has 1 aromatic heterocycles. The Bertz CT molecular complexity index is 552. The summed E-state index contributed by atoms with van der Waals surface area (Å²) in [5.41, 5.74) is 1.87. The number of nitrogens with zero attached hydrogens (tertiary/aromatic N) is 1. The minimum Gasteiger partial charge on any atom is -0.478 e. The van der Waals surface area contributed by atoms with Gasteiger partial charge in [0.15, 0.2) is 0 Å². The number of carboxylic acid groups (broad SMARTS) is 1. The molecule has 2 N–H and O–H groups in total. The van der Waals surface area contributed by atoms with Crippen LogP contribution in [0.15, 0.2) is 29.8 Å². The van der Waals surface area contributed by atoms with Crippen molar-refractivity contribution in [1.29, 1.82) is 0 Å². The first-order valence-electron chi connectivity index (χ1n) is 5.58. The summed E-state index contributed by atoms with van der Waals surface area (Å²) in [5.74, 6) is -0.924. The second kappa shape index (κ2) is 5.18. The van der Waals surface area contributed by atoms with Crippen molar-refractivity contribution in [2.24, 2.45) is 0 Å². The molecule has 0 fully saturated rings. The number of aryl methyl sites for hydroxylation is 1. The normalized spacial score (nSPS) is 12.1. The largest absolute Gasteiger partial charge is 0.478 e. The van der Waals surface area contributed by atoms with Crippen molar-refractivity contribution in [3.63, 3.8) is 0 Å².